The molecule has 0 spiro atoms. The summed E-state index contributed by atoms with van der Waals surface area (Å²) >= 11 is 3.37. The van der Waals surface area contributed by atoms with E-state index in [4.69, 9.17) is 4.74 Å². The molecule has 0 bridgehead atoms. The number of carbonyl (C=O) groups is 1. The van der Waals surface area contributed by atoms with Crippen LogP contribution >= 0.6 is 15.9 Å². The van der Waals surface area contributed by atoms with E-state index in [9.17, 15) is 4.79 Å². The van der Waals surface area contributed by atoms with Crippen molar-refractivity contribution in [1.82, 2.24) is 10.2 Å². The SMILES string of the molecule is O=C(NC[C@H]1CN(Cc2ccccc2)CCO1)c1ccc(Br)cc1. The monoisotopic (exact) mass is 388 g/mol. The number of nitrogens with one attached hydrogen (secondary N) is 1. The van der Waals surface area contributed by atoms with Crippen molar-refractivity contribution in [2.24, 2.45) is 0 Å². The second kappa shape index (κ2) is 8.42. The Labute approximate surface area is 150 Å². The number of halogens is 1. The zero-order chi connectivity index (χ0) is 16.8. The molecule has 1 aliphatic heterocycles. The second-order valence-electron chi connectivity index (χ2n) is 5.93. The summed E-state index contributed by atoms with van der Waals surface area (Å²) in [5, 5.41) is 2.97. The third kappa shape index (κ3) is 4.90. The van der Waals surface area contributed by atoms with Crippen molar-refractivity contribution in [2.75, 3.05) is 26.2 Å². The van der Waals surface area contributed by atoms with Gasteiger partial charge in [0.25, 0.3) is 5.91 Å². The molecular formula is C19H21BrN2O2. The maximum absolute atomic E-state index is 12.2. The van der Waals surface area contributed by atoms with Crippen LogP contribution in [0.5, 0.6) is 0 Å². The van der Waals surface area contributed by atoms with Gasteiger partial charge >= 0.3 is 0 Å². The Morgan fingerprint density at radius 1 is 1.17 bits per heavy atom. The molecule has 0 unspecified atom stereocenters. The zero-order valence-electron chi connectivity index (χ0n) is 13.5. The molecule has 3 rings (SSSR count). The van der Waals surface area contributed by atoms with Gasteiger partial charge in [0, 0.05) is 36.2 Å². The Balaban J connectivity index is 1.48. The summed E-state index contributed by atoms with van der Waals surface area (Å²) in [6.45, 7) is 3.90. The Morgan fingerprint density at radius 2 is 1.92 bits per heavy atom. The normalized spacial score (nSPS) is 18.3. The molecule has 1 fully saturated rings. The lowest BCUT2D eigenvalue weighted by atomic mass is 10.2. The first-order valence-electron chi connectivity index (χ1n) is 8.12. The molecule has 1 amide bonds. The minimum Gasteiger partial charge on any atom is -0.374 e. The lowest BCUT2D eigenvalue weighted by Gasteiger charge is -2.33. The predicted molar refractivity (Wildman–Crippen MR) is 97.9 cm³/mol. The van der Waals surface area contributed by atoms with E-state index in [0.717, 1.165) is 24.1 Å². The van der Waals surface area contributed by atoms with Crippen molar-refractivity contribution >= 4 is 21.8 Å². The van der Waals surface area contributed by atoms with Gasteiger partial charge in [0.1, 0.15) is 0 Å². The van der Waals surface area contributed by atoms with Crippen molar-refractivity contribution in [2.45, 2.75) is 12.6 Å². The summed E-state index contributed by atoms with van der Waals surface area (Å²) in [4.78, 5) is 14.5. The lowest BCUT2D eigenvalue weighted by molar-refractivity contribution is -0.0292. The summed E-state index contributed by atoms with van der Waals surface area (Å²) in [7, 11) is 0. The van der Waals surface area contributed by atoms with Gasteiger partial charge in [-0.25, -0.2) is 0 Å². The van der Waals surface area contributed by atoms with Crippen LogP contribution in [0.2, 0.25) is 0 Å². The topological polar surface area (TPSA) is 41.6 Å². The highest BCUT2D eigenvalue weighted by Gasteiger charge is 2.21. The Hall–Kier alpha value is -1.69. The molecule has 1 N–H and O–H groups in total. The highest BCUT2D eigenvalue weighted by Crippen LogP contribution is 2.12. The quantitative estimate of drug-likeness (QED) is 0.855. The molecular weight excluding hydrogens is 368 g/mol. The van der Waals surface area contributed by atoms with Gasteiger partial charge in [-0.15, -0.1) is 0 Å². The fourth-order valence-electron chi connectivity index (χ4n) is 2.80. The minimum absolute atomic E-state index is 0.0295. The number of hydrogen-bond acceptors (Lipinski definition) is 3. The van der Waals surface area contributed by atoms with E-state index in [1.807, 2.05) is 30.3 Å². The summed E-state index contributed by atoms with van der Waals surface area (Å²) in [6.07, 6.45) is 0.0295. The number of amides is 1. The highest BCUT2D eigenvalue weighted by atomic mass is 79.9. The summed E-state index contributed by atoms with van der Waals surface area (Å²) in [5.74, 6) is -0.0636. The van der Waals surface area contributed by atoms with Crippen molar-refractivity contribution < 1.29 is 9.53 Å². The zero-order valence-corrected chi connectivity index (χ0v) is 15.0. The number of benzene rings is 2. The van der Waals surface area contributed by atoms with Gasteiger partial charge in [-0.3, -0.25) is 9.69 Å². The van der Waals surface area contributed by atoms with Gasteiger partial charge in [0.2, 0.25) is 0 Å². The van der Waals surface area contributed by atoms with Crippen LogP contribution in [0.1, 0.15) is 15.9 Å². The van der Waals surface area contributed by atoms with Gasteiger partial charge in [0.05, 0.1) is 12.7 Å². The summed E-state index contributed by atoms with van der Waals surface area (Å²) in [5.41, 5.74) is 1.96. The van der Waals surface area contributed by atoms with E-state index in [-0.39, 0.29) is 12.0 Å². The molecule has 0 aromatic heterocycles. The molecule has 1 heterocycles. The van der Waals surface area contributed by atoms with E-state index in [1.165, 1.54) is 5.56 Å². The van der Waals surface area contributed by atoms with Gasteiger partial charge in [-0.1, -0.05) is 46.3 Å². The van der Waals surface area contributed by atoms with Crippen LogP contribution in [0, 0.1) is 0 Å². The number of morpholine rings is 1. The first kappa shape index (κ1) is 17.1. The molecule has 126 valence electrons. The van der Waals surface area contributed by atoms with Crippen LogP contribution in [0.4, 0.5) is 0 Å². The fourth-order valence-corrected chi connectivity index (χ4v) is 3.06. The van der Waals surface area contributed by atoms with Crippen LogP contribution in [0.15, 0.2) is 59.1 Å². The number of hydrogen-bond donors (Lipinski definition) is 1. The predicted octanol–water partition coefficient (Wildman–Crippen LogP) is 3.08. The lowest BCUT2D eigenvalue weighted by Crippen LogP contribution is -2.47. The molecule has 1 atom stereocenters. The number of carbonyl (C=O) groups excluding carboxylic acids is 1. The van der Waals surface area contributed by atoms with Crippen LogP contribution < -0.4 is 5.32 Å². The maximum atomic E-state index is 12.2. The summed E-state index contributed by atoms with van der Waals surface area (Å²) < 4.78 is 6.75. The largest absolute Gasteiger partial charge is 0.374 e. The smallest absolute Gasteiger partial charge is 0.251 e. The van der Waals surface area contributed by atoms with Crippen molar-refractivity contribution in [3.05, 3.63) is 70.2 Å². The average Bonchev–Trinajstić information content (AvgIpc) is 2.61. The molecule has 0 radical (unpaired) electrons. The molecule has 4 nitrogen and oxygen atoms in total. The number of ether oxygens (including phenoxy) is 1. The van der Waals surface area contributed by atoms with E-state index in [2.05, 4.69) is 50.4 Å². The van der Waals surface area contributed by atoms with Gasteiger partial charge in [0.15, 0.2) is 0 Å². The standard InChI is InChI=1S/C19H21BrN2O2/c20-17-8-6-16(7-9-17)19(23)21-12-18-14-22(10-11-24-18)13-15-4-2-1-3-5-15/h1-9,18H,10-14H2,(H,21,23)/t18-/m0/s1. The molecule has 1 saturated heterocycles. The van der Waals surface area contributed by atoms with E-state index >= 15 is 0 Å². The van der Waals surface area contributed by atoms with Crippen LogP contribution in [0.3, 0.4) is 0 Å². The van der Waals surface area contributed by atoms with Crippen LogP contribution in [-0.2, 0) is 11.3 Å². The van der Waals surface area contributed by atoms with E-state index < -0.39 is 0 Å². The Kier molecular flexibility index (Phi) is 6.01. The van der Waals surface area contributed by atoms with Crippen molar-refractivity contribution in [3.63, 3.8) is 0 Å². The molecule has 2 aromatic rings. The average molecular weight is 389 g/mol. The first-order chi connectivity index (χ1) is 11.7. The third-order valence-electron chi connectivity index (χ3n) is 4.07. The highest BCUT2D eigenvalue weighted by molar-refractivity contribution is 9.10. The fraction of sp³-hybridized carbons (Fsp3) is 0.316. The van der Waals surface area contributed by atoms with Gasteiger partial charge in [-0.2, -0.15) is 0 Å². The molecule has 0 saturated carbocycles. The van der Waals surface area contributed by atoms with Gasteiger partial charge in [-0.05, 0) is 29.8 Å². The number of rotatable bonds is 5. The molecule has 1 aliphatic rings. The third-order valence-corrected chi connectivity index (χ3v) is 4.60. The van der Waals surface area contributed by atoms with E-state index in [1.54, 1.807) is 0 Å². The van der Waals surface area contributed by atoms with Crippen molar-refractivity contribution in [1.29, 1.82) is 0 Å². The Morgan fingerprint density at radius 3 is 2.67 bits per heavy atom. The van der Waals surface area contributed by atoms with Crippen LogP contribution in [-0.4, -0.2) is 43.2 Å². The number of nitrogens with zero attached hydrogens (tertiary/aromatic N) is 1. The Bertz CT molecular complexity index is 661. The van der Waals surface area contributed by atoms with Gasteiger partial charge < -0.3 is 10.1 Å². The van der Waals surface area contributed by atoms with Crippen molar-refractivity contribution in [3.8, 4) is 0 Å². The van der Waals surface area contributed by atoms with Crippen LogP contribution in [0.25, 0.3) is 0 Å². The molecule has 0 aliphatic carbocycles. The minimum atomic E-state index is -0.0636. The maximum Gasteiger partial charge on any atom is 0.251 e. The second-order valence-corrected chi connectivity index (χ2v) is 6.85. The molecule has 24 heavy (non-hydrogen) atoms. The molecule has 2 aromatic carbocycles. The van der Waals surface area contributed by atoms with E-state index in [0.29, 0.717) is 18.7 Å². The molecule has 5 heteroatoms. The first-order valence-corrected chi connectivity index (χ1v) is 8.91. The summed E-state index contributed by atoms with van der Waals surface area (Å²) in [6, 6.07) is 17.8.